The highest BCUT2D eigenvalue weighted by Gasteiger charge is 2.11. The first-order valence-corrected chi connectivity index (χ1v) is 8.70. The third kappa shape index (κ3) is 5.17. The molecule has 2 N–H and O–H groups in total. The zero-order valence-electron chi connectivity index (χ0n) is 14.2. The maximum Gasteiger partial charge on any atom is 0.279 e. The lowest BCUT2D eigenvalue weighted by atomic mass is 10.1. The number of nitrogens with zero attached hydrogens (tertiary/aromatic N) is 1. The van der Waals surface area contributed by atoms with Crippen LogP contribution >= 0.6 is 11.8 Å². The summed E-state index contributed by atoms with van der Waals surface area (Å²) in [5.41, 5.74) is 4.83. The number of aliphatic imine (C=N–C) groups is 1. The van der Waals surface area contributed by atoms with Gasteiger partial charge in [0.1, 0.15) is 0 Å². The standard InChI is InChI=1S/C18H19N3O3S/c1-12-9-10-14(17(23)21-24-2)11-15(12)19-18(25-3)20-16(22)13-7-5-4-6-8-13/h4-11H,1-3H3,(H,21,23)(H,19,20,22). The summed E-state index contributed by atoms with van der Waals surface area (Å²) < 4.78 is 0. The Bertz CT molecular complexity index is 791. The quantitative estimate of drug-likeness (QED) is 0.499. The summed E-state index contributed by atoms with van der Waals surface area (Å²) in [7, 11) is 1.37. The molecule has 2 amide bonds. The van der Waals surface area contributed by atoms with Gasteiger partial charge in [0.25, 0.3) is 11.8 Å². The van der Waals surface area contributed by atoms with Crippen LogP contribution in [0.4, 0.5) is 5.69 Å². The third-order valence-electron chi connectivity index (χ3n) is 3.35. The Morgan fingerprint density at radius 1 is 1.08 bits per heavy atom. The molecule has 2 rings (SSSR count). The predicted molar refractivity (Wildman–Crippen MR) is 101 cm³/mol. The fourth-order valence-electron chi connectivity index (χ4n) is 2.03. The zero-order chi connectivity index (χ0) is 18.2. The van der Waals surface area contributed by atoms with Crippen molar-refractivity contribution in [3.8, 4) is 0 Å². The van der Waals surface area contributed by atoms with Crippen molar-refractivity contribution in [3.05, 3.63) is 65.2 Å². The number of amidine groups is 1. The number of anilines is 1. The van der Waals surface area contributed by atoms with Crippen molar-refractivity contribution in [2.45, 2.75) is 6.92 Å². The van der Waals surface area contributed by atoms with Gasteiger partial charge >= 0.3 is 0 Å². The van der Waals surface area contributed by atoms with Crippen molar-refractivity contribution < 1.29 is 14.4 Å². The molecule has 2 aromatic carbocycles. The minimum Gasteiger partial charge on any atom is -0.334 e. The first-order chi connectivity index (χ1) is 12.0. The number of benzene rings is 2. The third-order valence-corrected chi connectivity index (χ3v) is 3.93. The molecule has 7 heteroatoms. The van der Waals surface area contributed by atoms with Crippen LogP contribution in [-0.4, -0.2) is 30.3 Å². The summed E-state index contributed by atoms with van der Waals surface area (Å²) in [5.74, 6) is -0.683. The van der Waals surface area contributed by atoms with Gasteiger partial charge in [-0.05, 0) is 43.0 Å². The number of thioether (sulfide) groups is 1. The van der Waals surface area contributed by atoms with Crippen molar-refractivity contribution in [3.63, 3.8) is 0 Å². The number of amides is 2. The lowest BCUT2D eigenvalue weighted by Crippen LogP contribution is -2.22. The van der Waals surface area contributed by atoms with Crippen LogP contribution in [0.25, 0.3) is 0 Å². The molecule has 2 aromatic rings. The molecule has 0 radical (unpaired) electrons. The summed E-state index contributed by atoms with van der Waals surface area (Å²) in [5, 5.41) is 3.55. The number of aryl methyl sites for hydroxylation is 1. The monoisotopic (exact) mass is 357 g/mol. The van der Waals surface area contributed by atoms with Crippen molar-refractivity contribution >= 4 is 34.4 Å². The fourth-order valence-corrected chi connectivity index (χ4v) is 2.41. The van der Waals surface area contributed by atoms with Crippen LogP contribution < -0.4 is 10.8 Å². The van der Waals surface area contributed by atoms with E-state index in [1.165, 1.54) is 18.9 Å². The highest BCUT2D eigenvalue weighted by atomic mass is 32.2. The maximum atomic E-state index is 12.2. The molecule has 0 aliphatic carbocycles. The fraction of sp³-hybridized carbons (Fsp3) is 0.167. The molecule has 0 unspecified atom stereocenters. The highest BCUT2D eigenvalue weighted by Crippen LogP contribution is 2.19. The Balaban J connectivity index is 2.23. The average Bonchev–Trinajstić information content (AvgIpc) is 2.63. The molecular weight excluding hydrogens is 338 g/mol. The number of hydrogen-bond donors (Lipinski definition) is 2. The lowest BCUT2D eigenvalue weighted by molar-refractivity contribution is 0.0537. The molecule has 25 heavy (non-hydrogen) atoms. The SMILES string of the molecule is CONC(=O)c1ccc(C)c(NC(=NC(=O)c2ccccc2)SC)c1. The molecule has 0 atom stereocenters. The minimum absolute atomic E-state index is 0.330. The Morgan fingerprint density at radius 2 is 1.80 bits per heavy atom. The second kappa shape index (κ2) is 9.00. The largest absolute Gasteiger partial charge is 0.334 e. The average molecular weight is 357 g/mol. The number of carbonyl (C=O) groups excluding carboxylic acids is 2. The number of nitrogens with one attached hydrogen (secondary N) is 2. The molecule has 0 heterocycles. The summed E-state index contributed by atoms with van der Waals surface area (Å²) in [4.78, 5) is 32.9. The second-order valence-electron chi connectivity index (χ2n) is 5.08. The van der Waals surface area contributed by atoms with Gasteiger partial charge in [-0.25, -0.2) is 5.48 Å². The Morgan fingerprint density at radius 3 is 2.44 bits per heavy atom. The molecule has 130 valence electrons. The molecule has 0 saturated heterocycles. The van der Waals surface area contributed by atoms with E-state index in [4.69, 9.17) is 0 Å². The molecule has 6 nitrogen and oxygen atoms in total. The van der Waals surface area contributed by atoms with E-state index in [-0.39, 0.29) is 11.8 Å². The Labute approximate surface area is 150 Å². The van der Waals surface area contributed by atoms with E-state index in [1.54, 1.807) is 36.4 Å². The van der Waals surface area contributed by atoms with E-state index < -0.39 is 0 Å². The smallest absolute Gasteiger partial charge is 0.279 e. The van der Waals surface area contributed by atoms with E-state index >= 15 is 0 Å². The normalized spacial score (nSPS) is 11.1. The summed E-state index contributed by atoms with van der Waals surface area (Å²) >= 11 is 1.31. The summed E-state index contributed by atoms with van der Waals surface area (Å²) in [6.45, 7) is 1.90. The van der Waals surface area contributed by atoms with Crippen LogP contribution in [0.1, 0.15) is 26.3 Å². The number of hydroxylamine groups is 1. The number of carbonyl (C=O) groups is 2. The van der Waals surface area contributed by atoms with E-state index in [0.717, 1.165) is 5.56 Å². The Hall–Kier alpha value is -2.64. The predicted octanol–water partition coefficient (Wildman–Crippen LogP) is 3.26. The van der Waals surface area contributed by atoms with Gasteiger partial charge in [0.05, 0.1) is 7.11 Å². The van der Waals surface area contributed by atoms with E-state index in [9.17, 15) is 9.59 Å². The van der Waals surface area contributed by atoms with Gasteiger partial charge in [0.2, 0.25) is 0 Å². The van der Waals surface area contributed by atoms with Gasteiger partial charge in [-0.3, -0.25) is 14.4 Å². The van der Waals surface area contributed by atoms with Crippen LogP contribution in [0.5, 0.6) is 0 Å². The van der Waals surface area contributed by atoms with Crippen LogP contribution in [0.2, 0.25) is 0 Å². The van der Waals surface area contributed by atoms with Crippen molar-refractivity contribution in [1.82, 2.24) is 5.48 Å². The van der Waals surface area contributed by atoms with Gasteiger partial charge in [-0.2, -0.15) is 4.99 Å². The van der Waals surface area contributed by atoms with Crippen LogP contribution in [-0.2, 0) is 4.84 Å². The maximum absolute atomic E-state index is 12.2. The summed E-state index contributed by atoms with van der Waals surface area (Å²) in [6, 6.07) is 14.0. The van der Waals surface area contributed by atoms with Crippen LogP contribution in [0.15, 0.2) is 53.5 Å². The summed E-state index contributed by atoms with van der Waals surface area (Å²) in [6.07, 6.45) is 1.82. The van der Waals surface area contributed by atoms with E-state index in [1.807, 2.05) is 25.3 Å². The van der Waals surface area contributed by atoms with Gasteiger partial charge < -0.3 is 5.32 Å². The van der Waals surface area contributed by atoms with Crippen LogP contribution in [0, 0.1) is 6.92 Å². The molecule has 0 aliphatic heterocycles. The lowest BCUT2D eigenvalue weighted by Gasteiger charge is -2.12. The zero-order valence-corrected chi connectivity index (χ0v) is 15.0. The number of rotatable bonds is 4. The van der Waals surface area contributed by atoms with Gasteiger partial charge in [-0.1, -0.05) is 36.0 Å². The molecule has 0 saturated carbocycles. The van der Waals surface area contributed by atoms with Crippen LogP contribution in [0.3, 0.4) is 0 Å². The molecule has 0 fully saturated rings. The molecule has 0 bridgehead atoms. The molecule has 0 aliphatic rings. The van der Waals surface area contributed by atoms with E-state index in [0.29, 0.717) is 22.0 Å². The second-order valence-corrected chi connectivity index (χ2v) is 5.88. The van der Waals surface area contributed by atoms with Crippen molar-refractivity contribution in [1.29, 1.82) is 0 Å². The molecule has 0 spiro atoms. The molecule has 0 aromatic heterocycles. The first-order valence-electron chi connectivity index (χ1n) is 7.48. The van der Waals surface area contributed by atoms with Crippen molar-refractivity contribution in [2.24, 2.45) is 4.99 Å². The van der Waals surface area contributed by atoms with Gasteiger partial charge in [-0.15, -0.1) is 0 Å². The van der Waals surface area contributed by atoms with E-state index in [2.05, 4.69) is 20.6 Å². The topological polar surface area (TPSA) is 79.8 Å². The first kappa shape index (κ1) is 18.7. The Kier molecular flexibility index (Phi) is 6.73. The van der Waals surface area contributed by atoms with Gasteiger partial charge in [0, 0.05) is 16.8 Å². The molecular formula is C18H19N3O3S. The minimum atomic E-state index is -0.353. The highest BCUT2D eigenvalue weighted by molar-refractivity contribution is 8.13. The van der Waals surface area contributed by atoms with Crippen molar-refractivity contribution in [2.75, 3.05) is 18.7 Å². The van der Waals surface area contributed by atoms with Gasteiger partial charge in [0.15, 0.2) is 5.17 Å². The number of hydrogen-bond acceptors (Lipinski definition) is 4.